The molecule has 5 heteroatoms. The Morgan fingerprint density at radius 3 is 2.81 bits per heavy atom. The lowest BCUT2D eigenvalue weighted by Crippen LogP contribution is -2.41. The van der Waals surface area contributed by atoms with Gasteiger partial charge in [-0.15, -0.1) is 0 Å². The van der Waals surface area contributed by atoms with Crippen molar-refractivity contribution in [2.45, 2.75) is 18.8 Å². The van der Waals surface area contributed by atoms with Crippen molar-refractivity contribution in [1.82, 2.24) is 14.8 Å². The summed E-state index contributed by atoms with van der Waals surface area (Å²) in [5.41, 5.74) is 3.03. The van der Waals surface area contributed by atoms with Crippen LogP contribution in [0, 0.1) is 0 Å². The van der Waals surface area contributed by atoms with Gasteiger partial charge in [-0.1, -0.05) is 18.2 Å². The number of nitrogens with zero attached hydrogens (tertiary/aromatic N) is 3. The fraction of sp³-hybridized carbons (Fsp3) is 0.429. The van der Waals surface area contributed by atoms with Crippen LogP contribution in [0.3, 0.4) is 0 Å². The largest absolute Gasteiger partial charge is 0.496 e. The molecule has 0 aliphatic carbocycles. The number of likely N-dealkylation sites (N-methyl/N-ethyl adjacent to an activating group) is 1. The van der Waals surface area contributed by atoms with Gasteiger partial charge in [-0.2, -0.15) is 0 Å². The van der Waals surface area contributed by atoms with Gasteiger partial charge in [0, 0.05) is 37.8 Å². The first kappa shape index (κ1) is 18.4. The van der Waals surface area contributed by atoms with Gasteiger partial charge in [0.05, 0.1) is 19.3 Å². The lowest BCUT2D eigenvalue weighted by molar-refractivity contribution is -0.130. The molecule has 1 aromatic carbocycles. The van der Waals surface area contributed by atoms with Crippen LogP contribution in [0.2, 0.25) is 0 Å². The van der Waals surface area contributed by atoms with Crippen LogP contribution in [-0.4, -0.2) is 61.5 Å². The molecule has 0 N–H and O–H groups in total. The SMILES string of the molecule is COc1ccccc1-c1cccc([C@H]2CCCN(CC(=O)N(C)C)C2)n1. The molecule has 26 heavy (non-hydrogen) atoms. The number of carbonyl (C=O) groups excluding carboxylic acids is 1. The smallest absolute Gasteiger partial charge is 0.236 e. The summed E-state index contributed by atoms with van der Waals surface area (Å²) in [6.45, 7) is 2.33. The average molecular weight is 353 g/mol. The van der Waals surface area contributed by atoms with Gasteiger partial charge in [0.2, 0.25) is 5.91 Å². The summed E-state index contributed by atoms with van der Waals surface area (Å²) in [5, 5.41) is 0. The molecule has 2 aromatic rings. The van der Waals surface area contributed by atoms with Crippen molar-refractivity contribution < 1.29 is 9.53 Å². The first-order valence-electron chi connectivity index (χ1n) is 9.11. The second kappa shape index (κ2) is 8.32. The number of pyridine rings is 1. The number of hydrogen-bond acceptors (Lipinski definition) is 4. The number of likely N-dealkylation sites (tertiary alicyclic amines) is 1. The number of amides is 1. The van der Waals surface area contributed by atoms with E-state index in [-0.39, 0.29) is 5.91 Å². The summed E-state index contributed by atoms with van der Waals surface area (Å²) in [4.78, 5) is 20.8. The van der Waals surface area contributed by atoms with Crippen LogP contribution < -0.4 is 4.74 Å². The van der Waals surface area contributed by atoms with Gasteiger partial charge < -0.3 is 9.64 Å². The molecule has 5 nitrogen and oxygen atoms in total. The molecule has 2 heterocycles. The first-order valence-corrected chi connectivity index (χ1v) is 9.11. The van der Waals surface area contributed by atoms with Crippen LogP contribution in [0.1, 0.15) is 24.5 Å². The lowest BCUT2D eigenvalue weighted by Gasteiger charge is -2.32. The number of hydrogen-bond donors (Lipinski definition) is 0. The van der Waals surface area contributed by atoms with Gasteiger partial charge >= 0.3 is 0 Å². The van der Waals surface area contributed by atoms with Gasteiger partial charge in [-0.25, -0.2) is 0 Å². The predicted molar refractivity (Wildman–Crippen MR) is 103 cm³/mol. The minimum Gasteiger partial charge on any atom is -0.496 e. The van der Waals surface area contributed by atoms with Gasteiger partial charge in [0.1, 0.15) is 5.75 Å². The highest BCUT2D eigenvalue weighted by Crippen LogP contribution is 2.31. The van der Waals surface area contributed by atoms with Gasteiger partial charge in [0.15, 0.2) is 0 Å². The Morgan fingerprint density at radius 1 is 1.23 bits per heavy atom. The summed E-state index contributed by atoms with van der Waals surface area (Å²) < 4.78 is 5.48. The molecular weight excluding hydrogens is 326 g/mol. The van der Waals surface area contributed by atoms with Gasteiger partial charge in [-0.3, -0.25) is 14.7 Å². The average Bonchev–Trinajstić information content (AvgIpc) is 2.68. The molecule has 3 rings (SSSR count). The summed E-state index contributed by atoms with van der Waals surface area (Å²) >= 11 is 0. The molecule has 0 saturated carbocycles. The Balaban J connectivity index is 1.78. The van der Waals surface area contributed by atoms with E-state index in [4.69, 9.17) is 9.72 Å². The predicted octanol–water partition coefficient (Wildman–Crippen LogP) is 3.02. The summed E-state index contributed by atoms with van der Waals surface area (Å²) in [6, 6.07) is 14.1. The maximum Gasteiger partial charge on any atom is 0.236 e. The highest BCUT2D eigenvalue weighted by molar-refractivity contribution is 5.77. The van der Waals surface area contributed by atoms with E-state index in [0.29, 0.717) is 12.5 Å². The lowest BCUT2D eigenvalue weighted by atomic mass is 9.93. The topological polar surface area (TPSA) is 45.7 Å². The Bertz CT molecular complexity index is 760. The van der Waals surface area contributed by atoms with Crippen molar-refractivity contribution in [3.8, 4) is 17.0 Å². The first-order chi connectivity index (χ1) is 12.6. The maximum absolute atomic E-state index is 12.0. The Labute approximate surface area is 155 Å². The fourth-order valence-corrected chi connectivity index (χ4v) is 3.46. The molecule has 0 bridgehead atoms. The minimum atomic E-state index is 0.154. The van der Waals surface area contributed by atoms with E-state index in [1.54, 1.807) is 12.0 Å². The number of piperidine rings is 1. The molecule has 0 unspecified atom stereocenters. The molecule has 0 spiro atoms. The molecule has 1 fully saturated rings. The molecule has 1 amide bonds. The van der Waals surface area contributed by atoms with E-state index >= 15 is 0 Å². The molecule has 1 saturated heterocycles. The van der Waals surface area contributed by atoms with Crippen molar-refractivity contribution in [3.63, 3.8) is 0 Å². The third kappa shape index (κ3) is 4.22. The zero-order valence-electron chi connectivity index (χ0n) is 15.8. The maximum atomic E-state index is 12.0. The Morgan fingerprint density at radius 2 is 2.04 bits per heavy atom. The number of methoxy groups -OCH3 is 1. The quantitative estimate of drug-likeness (QED) is 0.829. The zero-order chi connectivity index (χ0) is 18.5. The van der Waals surface area contributed by atoms with E-state index in [2.05, 4.69) is 17.0 Å². The molecule has 138 valence electrons. The second-order valence-corrected chi connectivity index (χ2v) is 7.01. The highest BCUT2D eigenvalue weighted by Gasteiger charge is 2.24. The number of benzene rings is 1. The number of aromatic nitrogens is 1. The molecular formula is C21H27N3O2. The van der Waals surface area contributed by atoms with E-state index in [1.807, 2.05) is 44.4 Å². The minimum absolute atomic E-state index is 0.154. The third-order valence-electron chi connectivity index (χ3n) is 4.94. The van der Waals surface area contributed by atoms with Crippen LogP contribution >= 0.6 is 0 Å². The van der Waals surface area contributed by atoms with Gasteiger partial charge in [0.25, 0.3) is 0 Å². The monoisotopic (exact) mass is 353 g/mol. The fourth-order valence-electron chi connectivity index (χ4n) is 3.46. The van der Waals surface area contributed by atoms with E-state index in [0.717, 1.165) is 48.6 Å². The number of carbonyl (C=O) groups is 1. The van der Waals surface area contributed by atoms with Crippen molar-refractivity contribution in [2.24, 2.45) is 0 Å². The van der Waals surface area contributed by atoms with Crippen molar-refractivity contribution >= 4 is 5.91 Å². The van der Waals surface area contributed by atoms with E-state index in [1.165, 1.54) is 0 Å². The normalized spacial score (nSPS) is 17.7. The third-order valence-corrected chi connectivity index (χ3v) is 4.94. The van der Waals surface area contributed by atoms with Crippen molar-refractivity contribution in [3.05, 3.63) is 48.2 Å². The van der Waals surface area contributed by atoms with Crippen LogP contribution in [0.25, 0.3) is 11.3 Å². The van der Waals surface area contributed by atoms with E-state index < -0.39 is 0 Å². The van der Waals surface area contributed by atoms with Crippen LogP contribution in [0.15, 0.2) is 42.5 Å². The number of ether oxygens (including phenoxy) is 1. The summed E-state index contributed by atoms with van der Waals surface area (Å²) in [5.74, 6) is 1.34. The van der Waals surface area contributed by atoms with Gasteiger partial charge in [-0.05, 0) is 43.7 Å². The van der Waals surface area contributed by atoms with Crippen LogP contribution in [0.5, 0.6) is 5.75 Å². The standard InChI is InChI=1S/C21H27N3O2/c1-23(2)21(25)15-24-13-7-8-16(14-24)18-10-6-11-19(22-18)17-9-4-5-12-20(17)26-3/h4-6,9-12,16H,7-8,13-15H2,1-3H3/t16-/m0/s1. The van der Waals surface area contributed by atoms with Crippen molar-refractivity contribution in [1.29, 1.82) is 0 Å². The molecule has 1 aliphatic rings. The van der Waals surface area contributed by atoms with Crippen LogP contribution in [-0.2, 0) is 4.79 Å². The summed E-state index contributed by atoms with van der Waals surface area (Å²) in [7, 11) is 5.30. The number of rotatable bonds is 5. The zero-order valence-corrected chi connectivity index (χ0v) is 15.8. The summed E-state index contributed by atoms with van der Waals surface area (Å²) in [6.07, 6.45) is 2.20. The molecule has 1 aromatic heterocycles. The Hall–Kier alpha value is -2.40. The molecule has 1 atom stereocenters. The van der Waals surface area contributed by atoms with Crippen LogP contribution in [0.4, 0.5) is 0 Å². The molecule has 1 aliphatic heterocycles. The molecule has 0 radical (unpaired) electrons. The van der Waals surface area contributed by atoms with Crippen molar-refractivity contribution in [2.75, 3.05) is 40.8 Å². The van der Waals surface area contributed by atoms with E-state index in [9.17, 15) is 4.79 Å². The highest BCUT2D eigenvalue weighted by atomic mass is 16.5. The second-order valence-electron chi connectivity index (χ2n) is 7.01. The Kier molecular flexibility index (Phi) is 5.89. The number of para-hydroxylation sites is 1.